The summed E-state index contributed by atoms with van der Waals surface area (Å²) in [5, 5.41) is 0. The summed E-state index contributed by atoms with van der Waals surface area (Å²) in [6, 6.07) is 0.770. The number of hydrogen-bond donors (Lipinski definition) is 1. The molecule has 0 amide bonds. The van der Waals surface area contributed by atoms with Crippen molar-refractivity contribution in [1.82, 2.24) is 9.80 Å². The molecular weight excluding hydrogens is 174 g/mol. The van der Waals surface area contributed by atoms with Gasteiger partial charge in [0.05, 0.1) is 0 Å². The van der Waals surface area contributed by atoms with Crippen LogP contribution in [0, 0.1) is 0 Å². The Bertz CT molecular complexity index is 149. The Morgan fingerprint density at radius 2 is 2.21 bits per heavy atom. The molecule has 2 N–H and O–H groups in total. The van der Waals surface area contributed by atoms with Crippen molar-refractivity contribution in [3.63, 3.8) is 0 Å². The fraction of sp³-hybridized carbons (Fsp3) is 1.00. The van der Waals surface area contributed by atoms with Crippen molar-refractivity contribution in [1.29, 1.82) is 0 Å². The highest BCUT2D eigenvalue weighted by molar-refractivity contribution is 4.76. The second kappa shape index (κ2) is 6.38. The first-order valence-corrected chi connectivity index (χ1v) is 5.83. The van der Waals surface area contributed by atoms with Gasteiger partial charge in [0.25, 0.3) is 0 Å². The van der Waals surface area contributed by atoms with Gasteiger partial charge in [-0.1, -0.05) is 6.42 Å². The number of rotatable bonds is 5. The van der Waals surface area contributed by atoms with Crippen LogP contribution in [0.3, 0.4) is 0 Å². The first kappa shape index (κ1) is 12.0. The molecule has 0 aromatic heterocycles. The Kier molecular flexibility index (Phi) is 5.45. The van der Waals surface area contributed by atoms with Gasteiger partial charge in [-0.25, -0.2) is 0 Å². The second-order valence-corrected chi connectivity index (χ2v) is 4.53. The zero-order valence-electron chi connectivity index (χ0n) is 9.71. The normalized spacial score (nSPS) is 24.4. The van der Waals surface area contributed by atoms with Crippen molar-refractivity contribution in [3.8, 4) is 0 Å². The van der Waals surface area contributed by atoms with Gasteiger partial charge in [-0.2, -0.15) is 0 Å². The fourth-order valence-corrected chi connectivity index (χ4v) is 2.19. The van der Waals surface area contributed by atoms with Gasteiger partial charge in [0.15, 0.2) is 0 Å². The molecule has 0 spiro atoms. The summed E-state index contributed by atoms with van der Waals surface area (Å²) in [6.45, 7) is 4.43. The van der Waals surface area contributed by atoms with Gasteiger partial charge >= 0.3 is 0 Å². The van der Waals surface area contributed by atoms with Crippen LogP contribution in [0.2, 0.25) is 0 Å². The highest BCUT2D eigenvalue weighted by atomic mass is 15.2. The minimum absolute atomic E-state index is 0.770. The van der Waals surface area contributed by atoms with E-state index in [1.54, 1.807) is 0 Å². The Morgan fingerprint density at radius 1 is 1.43 bits per heavy atom. The molecule has 1 atom stereocenters. The van der Waals surface area contributed by atoms with Crippen molar-refractivity contribution < 1.29 is 0 Å². The van der Waals surface area contributed by atoms with Crippen LogP contribution in [-0.4, -0.2) is 56.1 Å². The van der Waals surface area contributed by atoms with Crippen molar-refractivity contribution in [2.24, 2.45) is 5.73 Å². The SMILES string of the molecule is CN(CCCN)CC1CCCCN1C. The van der Waals surface area contributed by atoms with E-state index >= 15 is 0 Å². The van der Waals surface area contributed by atoms with Crippen LogP contribution in [0.1, 0.15) is 25.7 Å². The van der Waals surface area contributed by atoms with Crippen LogP contribution in [0.4, 0.5) is 0 Å². The molecule has 0 aliphatic carbocycles. The quantitative estimate of drug-likeness (QED) is 0.709. The molecule has 1 unspecified atom stereocenters. The van der Waals surface area contributed by atoms with E-state index in [0.717, 1.165) is 25.6 Å². The van der Waals surface area contributed by atoms with E-state index in [-0.39, 0.29) is 0 Å². The zero-order valence-corrected chi connectivity index (χ0v) is 9.71. The lowest BCUT2D eigenvalue weighted by atomic mass is 10.0. The summed E-state index contributed by atoms with van der Waals surface area (Å²) in [4.78, 5) is 4.92. The Morgan fingerprint density at radius 3 is 2.86 bits per heavy atom. The standard InChI is InChI=1S/C11H25N3/c1-13(8-5-7-12)10-11-6-3-4-9-14(11)2/h11H,3-10,12H2,1-2H3. The molecular formula is C11H25N3. The van der Waals surface area contributed by atoms with Gasteiger partial charge in [0.2, 0.25) is 0 Å². The third-order valence-corrected chi connectivity index (χ3v) is 3.19. The lowest BCUT2D eigenvalue weighted by molar-refractivity contribution is 0.141. The number of likely N-dealkylation sites (N-methyl/N-ethyl adjacent to an activating group) is 2. The molecule has 0 saturated carbocycles. The van der Waals surface area contributed by atoms with E-state index < -0.39 is 0 Å². The fourth-order valence-electron chi connectivity index (χ4n) is 2.19. The number of hydrogen-bond acceptors (Lipinski definition) is 3. The average molecular weight is 199 g/mol. The van der Waals surface area contributed by atoms with Crippen LogP contribution < -0.4 is 5.73 Å². The summed E-state index contributed by atoms with van der Waals surface area (Å²) in [6.07, 6.45) is 5.26. The van der Waals surface area contributed by atoms with E-state index in [1.165, 1.54) is 32.4 Å². The second-order valence-electron chi connectivity index (χ2n) is 4.53. The Hall–Kier alpha value is -0.120. The van der Waals surface area contributed by atoms with Gasteiger partial charge < -0.3 is 15.5 Å². The molecule has 84 valence electrons. The molecule has 0 radical (unpaired) electrons. The van der Waals surface area contributed by atoms with Gasteiger partial charge in [0, 0.05) is 12.6 Å². The van der Waals surface area contributed by atoms with Crippen LogP contribution >= 0.6 is 0 Å². The molecule has 1 fully saturated rings. The number of nitrogens with zero attached hydrogens (tertiary/aromatic N) is 2. The van der Waals surface area contributed by atoms with Crippen LogP contribution in [0.5, 0.6) is 0 Å². The van der Waals surface area contributed by atoms with E-state index in [9.17, 15) is 0 Å². The maximum Gasteiger partial charge on any atom is 0.0220 e. The molecule has 1 aliphatic heterocycles. The zero-order chi connectivity index (χ0) is 10.4. The molecule has 3 heteroatoms. The van der Waals surface area contributed by atoms with E-state index in [0.29, 0.717) is 0 Å². The summed E-state index contributed by atoms with van der Waals surface area (Å²) in [5.41, 5.74) is 5.50. The van der Waals surface area contributed by atoms with Gasteiger partial charge in [0.1, 0.15) is 0 Å². The maximum absolute atomic E-state index is 5.50. The molecule has 1 heterocycles. The van der Waals surface area contributed by atoms with E-state index in [1.807, 2.05) is 0 Å². The van der Waals surface area contributed by atoms with Crippen LogP contribution in [0.25, 0.3) is 0 Å². The van der Waals surface area contributed by atoms with E-state index in [2.05, 4.69) is 23.9 Å². The monoisotopic (exact) mass is 199 g/mol. The molecule has 0 aromatic carbocycles. The number of piperidine rings is 1. The van der Waals surface area contributed by atoms with Crippen LogP contribution in [0.15, 0.2) is 0 Å². The van der Waals surface area contributed by atoms with Crippen molar-refractivity contribution in [2.45, 2.75) is 31.7 Å². The van der Waals surface area contributed by atoms with Crippen molar-refractivity contribution in [3.05, 3.63) is 0 Å². The first-order valence-electron chi connectivity index (χ1n) is 5.83. The third-order valence-electron chi connectivity index (χ3n) is 3.19. The summed E-state index contributed by atoms with van der Waals surface area (Å²) in [5.74, 6) is 0. The van der Waals surface area contributed by atoms with E-state index in [4.69, 9.17) is 5.73 Å². The first-order chi connectivity index (χ1) is 6.74. The Balaban J connectivity index is 2.20. The third kappa shape index (κ3) is 3.95. The molecule has 1 rings (SSSR count). The molecule has 0 bridgehead atoms. The summed E-state index contributed by atoms with van der Waals surface area (Å²) >= 11 is 0. The minimum Gasteiger partial charge on any atom is -0.330 e. The highest BCUT2D eigenvalue weighted by Crippen LogP contribution is 2.15. The van der Waals surface area contributed by atoms with Crippen molar-refractivity contribution in [2.75, 3.05) is 40.3 Å². The largest absolute Gasteiger partial charge is 0.330 e. The lowest BCUT2D eigenvalue weighted by Gasteiger charge is -2.35. The summed E-state index contributed by atoms with van der Waals surface area (Å²) < 4.78 is 0. The van der Waals surface area contributed by atoms with Gasteiger partial charge in [-0.3, -0.25) is 0 Å². The van der Waals surface area contributed by atoms with Crippen LogP contribution in [-0.2, 0) is 0 Å². The molecule has 1 saturated heterocycles. The van der Waals surface area contributed by atoms with Crippen molar-refractivity contribution >= 4 is 0 Å². The Labute approximate surface area is 88.2 Å². The van der Waals surface area contributed by atoms with Gasteiger partial charge in [-0.05, 0) is 53.0 Å². The molecule has 14 heavy (non-hydrogen) atoms. The smallest absolute Gasteiger partial charge is 0.0220 e. The summed E-state index contributed by atoms with van der Waals surface area (Å²) in [7, 11) is 4.46. The predicted molar refractivity (Wildman–Crippen MR) is 61.4 cm³/mol. The highest BCUT2D eigenvalue weighted by Gasteiger charge is 2.19. The minimum atomic E-state index is 0.770. The van der Waals surface area contributed by atoms with Gasteiger partial charge in [-0.15, -0.1) is 0 Å². The molecule has 1 aliphatic rings. The maximum atomic E-state index is 5.50. The average Bonchev–Trinajstić information content (AvgIpc) is 2.18. The topological polar surface area (TPSA) is 32.5 Å². The number of nitrogens with two attached hydrogens (primary N) is 1. The molecule has 3 nitrogen and oxygen atoms in total. The lowest BCUT2D eigenvalue weighted by Crippen LogP contribution is -2.44. The number of likely N-dealkylation sites (tertiary alicyclic amines) is 1. The molecule has 0 aromatic rings. The predicted octanol–water partition coefficient (Wildman–Crippen LogP) is 0.751.